The molecule has 0 aromatic heterocycles. The minimum atomic E-state index is -2.27. The molecular formula is C36H36N2O11. The monoisotopic (exact) mass is 672 g/mol. The average Bonchev–Trinajstić information content (AvgIpc) is 3.51. The van der Waals surface area contributed by atoms with Crippen LogP contribution in [0, 0.1) is 0 Å². The summed E-state index contributed by atoms with van der Waals surface area (Å²) in [6, 6.07) is 11.7. The lowest BCUT2D eigenvalue weighted by Gasteiger charge is -2.42. The van der Waals surface area contributed by atoms with Gasteiger partial charge in [-0.25, -0.2) is 0 Å². The Hall–Kier alpha value is -4.66. The van der Waals surface area contributed by atoms with E-state index in [1.165, 1.54) is 30.9 Å². The summed E-state index contributed by atoms with van der Waals surface area (Å²) in [5.41, 5.74) is -1.44. The van der Waals surface area contributed by atoms with Gasteiger partial charge in [-0.1, -0.05) is 30.3 Å². The molecule has 1 saturated heterocycles. The molecule has 0 amide bonds. The van der Waals surface area contributed by atoms with Crippen LogP contribution in [0.3, 0.4) is 0 Å². The van der Waals surface area contributed by atoms with Crippen molar-refractivity contribution in [3.05, 3.63) is 81.4 Å². The fourth-order valence-corrected chi connectivity index (χ4v) is 7.49. The Bertz CT molecular complexity index is 1910. The van der Waals surface area contributed by atoms with E-state index in [0.29, 0.717) is 0 Å². The van der Waals surface area contributed by atoms with Gasteiger partial charge in [-0.3, -0.25) is 19.4 Å². The Labute approximate surface area is 281 Å². The Morgan fingerprint density at radius 2 is 1.84 bits per heavy atom. The molecule has 0 spiro atoms. The summed E-state index contributed by atoms with van der Waals surface area (Å²) >= 11 is 0. The van der Waals surface area contributed by atoms with E-state index >= 15 is 0 Å². The molecule has 4 aliphatic rings. The van der Waals surface area contributed by atoms with Gasteiger partial charge in [0.25, 0.3) is 0 Å². The standard InChI is InChI=1S/C36H36N2O11/c1-17-31(41)21(37-16-38-11-10-18-6-3-4-8-22(18)38)12-26(48-17)49-24-14-36(46,25(40)15-39)13-20-28(24)35(45)30-29(33(20)43)32(42)19-7-5-9-23(47-2)27(19)34(30)44/h3-9,16-17,21,24,26,31,39,41,43,45-46H,10-15H2,1-2H3/t17?,21-,24-,26?,31+,36?/m0/s1. The van der Waals surface area contributed by atoms with Crippen LogP contribution in [0.25, 0.3) is 0 Å². The summed E-state index contributed by atoms with van der Waals surface area (Å²) < 4.78 is 17.6. The van der Waals surface area contributed by atoms with Crippen LogP contribution in [0.1, 0.15) is 74.4 Å². The number of aromatic hydroxyl groups is 2. The zero-order valence-corrected chi connectivity index (χ0v) is 26.8. The summed E-state index contributed by atoms with van der Waals surface area (Å²) in [7, 11) is 1.33. The molecule has 3 unspecified atom stereocenters. The molecule has 3 aromatic rings. The average molecular weight is 673 g/mol. The summed E-state index contributed by atoms with van der Waals surface area (Å²) in [5.74, 6) is -3.77. The van der Waals surface area contributed by atoms with E-state index in [9.17, 15) is 39.9 Å². The highest BCUT2D eigenvalue weighted by atomic mass is 16.7. The fraction of sp³-hybridized carbons (Fsp3) is 0.389. The van der Waals surface area contributed by atoms with Gasteiger partial charge in [-0.2, -0.15) is 0 Å². The first-order valence-corrected chi connectivity index (χ1v) is 16.1. The second-order valence-corrected chi connectivity index (χ2v) is 12.9. The van der Waals surface area contributed by atoms with Crippen molar-refractivity contribution in [3.63, 3.8) is 0 Å². The minimum absolute atomic E-state index is 0.0371. The number of benzene rings is 3. The smallest absolute Gasteiger partial charge is 0.202 e. The molecule has 5 N–H and O–H groups in total. The number of para-hydroxylation sites is 1. The van der Waals surface area contributed by atoms with Gasteiger partial charge in [-0.05, 0) is 31.0 Å². The molecule has 0 radical (unpaired) electrons. The third kappa shape index (κ3) is 5.29. The van der Waals surface area contributed by atoms with Crippen LogP contribution >= 0.6 is 0 Å². The third-order valence-electron chi connectivity index (χ3n) is 10.1. The summed E-state index contributed by atoms with van der Waals surface area (Å²) in [6.45, 7) is 1.34. The van der Waals surface area contributed by atoms with Crippen molar-refractivity contribution in [3.8, 4) is 17.2 Å². The number of hydrogen-bond acceptors (Lipinski definition) is 12. The highest BCUT2D eigenvalue weighted by Crippen LogP contribution is 2.52. The van der Waals surface area contributed by atoms with E-state index in [-0.39, 0.29) is 34.4 Å². The second kappa shape index (κ2) is 12.3. The van der Waals surface area contributed by atoms with Crippen molar-refractivity contribution in [2.75, 3.05) is 25.2 Å². The number of carbonyl (C=O) groups excluding carboxylic acids is 3. The molecule has 3 aromatic carbocycles. The molecule has 13 nitrogen and oxygen atoms in total. The molecule has 2 aliphatic heterocycles. The Morgan fingerprint density at radius 1 is 1.08 bits per heavy atom. The SMILES string of the molecule is COc1cccc2c1C(=O)c1c(O)c3c(c(O)c1C2=O)CC(O)(C(=O)CO)C[C@@H]3OC1C[C@H](N=CN2CCc3ccccc32)[C@H](O)C(C)O1. The lowest BCUT2D eigenvalue weighted by atomic mass is 9.72. The molecule has 49 heavy (non-hydrogen) atoms. The number of rotatable bonds is 7. The van der Waals surface area contributed by atoms with Crippen molar-refractivity contribution in [1.82, 2.24) is 0 Å². The third-order valence-corrected chi connectivity index (χ3v) is 10.1. The topological polar surface area (TPSA) is 196 Å². The zero-order chi connectivity index (χ0) is 34.8. The van der Waals surface area contributed by atoms with Gasteiger partial charge >= 0.3 is 0 Å². The van der Waals surface area contributed by atoms with Crippen molar-refractivity contribution >= 4 is 29.4 Å². The number of aliphatic hydroxyl groups excluding tert-OH is 2. The van der Waals surface area contributed by atoms with E-state index in [2.05, 4.69) is 4.99 Å². The first-order valence-electron chi connectivity index (χ1n) is 16.1. The number of anilines is 1. The number of hydrogen-bond donors (Lipinski definition) is 5. The lowest BCUT2D eigenvalue weighted by Crippen LogP contribution is -2.50. The van der Waals surface area contributed by atoms with Gasteiger partial charge in [0.2, 0.25) is 5.78 Å². The van der Waals surface area contributed by atoms with E-state index < -0.39 is 95.7 Å². The predicted octanol–water partition coefficient (Wildman–Crippen LogP) is 2.13. The first kappa shape index (κ1) is 32.9. The van der Waals surface area contributed by atoms with E-state index in [4.69, 9.17) is 14.2 Å². The minimum Gasteiger partial charge on any atom is -0.507 e. The molecule has 1 fully saturated rings. The molecule has 6 atom stereocenters. The van der Waals surface area contributed by atoms with E-state index in [1.807, 2.05) is 29.2 Å². The number of ether oxygens (including phenoxy) is 3. The first-order chi connectivity index (χ1) is 23.5. The number of carbonyl (C=O) groups is 3. The van der Waals surface area contributed by atoms with Crippen molar-refractivity contribution in [2.45, 2.75) is 68.9 Å². The molecule has 0 bridgehead atoms. The van der Waals surface area contributed by atoms with Crippen molar-refractivity contribution in [1.29, 1.82) is 0 Å². The van der Waals surface area contributed by atoms with Crippen molar-refractivity contribution < 1.29 is 54.1 Å². The maximum atomic E-state index is 13.9. The summed E-state index contributed by atoms with van der Waals surface area (Å²) in [4.78, 5) is 47.2. The number of fused-ring (bicyclic) bond motifs is 4. The predicted molar refractivity (Wildman–Crippen MR) is 174 cm³/mol. The van der Waals surface area contributed by atoms with Gasteiger partial charge < -0.3 is 44.6 Å². The van der Waals surface area contributed by atoms with Crippen LogP contribution in [-0.2, 0) is 27.1 Å². The number of ketones is 3. The molecule has 0 saturated carbocycles. The maximum absolute atomic E-state index is 13.9. The van der Waals surface area contributed by atoms with Crippen LogP contribution < -0.4 is 9.64 Å². The number of methoxy groups -OCH3 is 1. The number of aliphatic imine (C=N–C) groups is 1. The molecule has 13 heteroatoms. The van der Waals surface area contributed by atoms with Crippen LogP contribution in [0.5, 0.6) is 17.2 Å². The summed E-state index contributed by atoms with van der Waals surface area (Å²) in [6.07, 6.45) is -2.72. The fourth-order valence-electron chi connectivity index (χ4n) is 7.49. The second-order valence-electron chi connectivity index (χ2n) is 12.9. The Balaban J connectivity index is 1.26. The number of nitrogens with zero attached hydrogens (tertiary/aromatic N) is 2. The summed E-state index contributed by atoms with van der Waals surface area (Å²) in [5, 5.41) is 55.6. The molecule has 2 heterocycles. The van der Waals surface area contributed by atoms with Crippen LogP contribution in [-0.4, -0.2) is 99.6 Å². The lowest BCUT2D eigenvalue weighted by molar-refractivity contribution is -0.247. The highest BCUT2D eigenvalue weighted by molar-refractivity contribution is 6.31. The van der Waals surface area contributed by atoms with Gasteiger partial charge in [0.05, 0.1) is 48.4 Å². The highest BCUT2D eigenvalue weighted by Gasteiger charge is 2.50. The normalized spacial score (nSPS) is 27.4. The Kier molecular flexibility index (Phi) is 8.28. The van der Waals surface area contributed by atoms with Crippen LogP contribution in [0.2, 0.25) is 0 Å². The molecular weight excluding hydrogens is 636 g/mol. The molecule has 7 rings (SSSR count). The van der Waals surface area contributed by atoms with Gasteiger partial charge in [0, 0.05) is 48.2 Å². The van der Waals surface area contributed by atoms with Gasteiger partial charge in [-0.15, -0.1) is 0 Å². The van der Waals surface area contributed by atoms with Gasteiger partial charge in [0.1, 0.15) is 35.6 Å². The largest absolute Gasteiger partial charge is 0.507 e. The quantitative estimate of drug-likeness (QED) is 0.109. The van der Waals surface area contributed by atoms with E-state index in [0.717, 1.165) is 18.7 Å². The van der Waals surface area contributed by atoms with E-state index in [1.54, 1.807) is 13.3 Å². The van der Waals surface area contributed by atoms with Crippen molar-refractivity contribution in [2.24, 2.45) is 4.99 Å². The Morgan fingerprint density at radius 3 is 2.59 bits per heavy atom. The number of phenolic OH excluding ortho intramolecular Hbond substituents is 2. The maximum Gasteiger partial charge on any atom is 0.202 e. The van der Waals surface area contributed by atoms with Crippen LogP contribution in [0.15, 0.2) is 47.5 Å². The number of aliphatic hydroxyl groups is 3. The number of phenols is 2. The number of Topliss-reactive ketones (excluding diaryl/α,β-unsaturated/α-hetero) is 1. The zero-order valence-electron chi connectivity index (χ0n) is 26.8. The van der Waals surface area contributed by atoms with Crippen LogP contribution in [0.4, 0.5) is 5.69 Å². The molecule has 256 valence electrons. The van der Waals surface area contributed by atoms with Gasteiger partial charge in [0.15, 0.2) is 17.9 Å². The molecule has 2 aliphatic carbocycles.